The summed E-state index contributed by atoms with van der Waals surface area (Å²) in [5.41, 5.74) is 0.556. The maximum absolute atomic E-state index is 13.0. The minimum Gasteiger partial charge on any atom is -0.298 e. The van der Waals surface area contributed by atoms with Gasteiger partial charge in [0.1, 0.15) is 5.70 Å². The van der Waals surface area contributed by atoms with Crippen LogP contribution in [0.15, 0.2) is 44.9 Å². The van der Waals surface area contributed by atoms with Crippen molar-refractivity contribution >= 4 is 55.8 Å². The fourth-order valence-electron chi connectivity index (χ4n) is 3.22. The van der Waals surface area contributed by atoms with Gasteiger partial charge in [-0.05, 0) is 43.7 Å². The number of rotatable bonds is 5. The van der Waals surface area contributed by atoms with Gasteiger partial charge >= 0.3 is 0 Å². The van der Waals surface area contributed by atoms with Crippen LogP contribution in [-0.4, -0.2) is 21.8 Å². The molecule has 1 amide bonds. The lowest BCUT2D eigenvalue weighted by Crippen LogP contribution is -2.50. The molecule has 28 heavy (non-hydrogen) atoms. The molecule has 0 radical (unpaired) electrons. The predicted octanol–water partition coefficient (Wildman–Crippen LogP) is 3.89. The first-order valence-corrected chi connectivity index (χ1v) is 11.9. The van der Waals surface area contributed by atoms with Crippen LogP contribution in [-0.2, 0) is 4.79 Å². The molecule has 2 aliphatic heterocycles. The maximum Gasteiger partial charge on any atom is 0.276 e. The topological polar surface area (TPSA) is 57.1 Å². The molecule has 1 unspecified atom stereocenters. The van der Waals surface area contributed by atoms with E-state index >= 15 is 0 Å². The van der Waals surface area contributed by atoms with E-state index in [-0.39, 0.29) is 12.1 Å². The van der Waals surface area contributed by atoms with Crippen LogP contribution >= 0.6 is 39.0 Å². The molecule has 5 nitrogen and oxygen atoms in total. The zero-order valence-corrected chi connectivity index (χ0v) is 19.0. The summed E-state index contributed by atoms with van der Waals surface area (Å²) in [6, 6.07) is 10.00. The Kier molecular flexibility index (Phi) is 5.89. The van der Waals surface area contributed by atoms with Gasteiger partial charge in [-0.3, -0.25) is 15.1 Å². The summed E-state index contributed by atoms with van der Waals surface area (Å²) in [5, 5.41) is 11.8. The molecular weight excluding hydrogens is 456 g/mol. The van der Waals surface area contributed by atoms with E-state index < -0.39 is 0 Å². The molecule has 0 fully saturated rings. The Balaban J connectivity index is 1.79. The number of hydrogen-bond donors (Lipinski definition) is 1. The van der Waals surface area contributed by atoms with Gasteiger partial charge in [-0.1, -0.05) is 47.5 Å². The number of amidine groups is 1. The summed E-state index contributed by atoms with van der Waals surface area (Å²) in [6.07, 6.45) is 3.15. The molecule has 146 valence electrons. The molecule has 4 rings (SSSR count). The van der Waals surface area contributed by atoms with Crippen molar-refractivity contribution in [3.05, 3.63) is 55.1 Å². The highest BCUT2D eigenvalue weighted by Crippen LogP contribution is 2.34. The first-order chi connectivity index (χ1) is 13.6. The Morgan fingerprint density at radius 2 is 2.14 bits per heavy atom. The van der Waals surface area contributed by atoms with E-state index in [0.717, 1.165) is 32.1 Å². The molecule has 0 saturated heterocycles. The third-order valence-corrected chi connectivity index (χ3v) is 7.06. The Bertz CT molecular complexity index is 1060. The number of carbonyl (C=O) groups is 1. The second kappa shape index (κ2) is 8.39. The highest BCUT2D eigenvalue weighted by Gasteiger charge is 2.35. The summed E-state index contributed by atoms with van der Waals surface area (Å²) in [4.78, 5) is 20.3. The quantitative estimate of drug-likeness (QED) is 0.665. The predicted molar refractivity (Wildman–Crippen MR) is 120 cm³/mol. The fraction of sp³-hybridized carbons (Fsp3) is 0.350. The average Bonchev–Trinajstić information content (AvgIpc) is 3.10. The molecule has 1 aromatic carbocycles. The number of hydrazone groups is 1. The molecule has 2 aliphatic rings. The number of thioether (sulfide) groups is 1. The summed E-state index contributed by atoms with van der Waals surface area (Å²) < 4.78 is 0.913. The number of amides is 1. The Morgan fingerprint density at radius 1 is 1.29 bits per heavy atom. The number of thiophene rings is 1. The molecule has 0 spiro atoms. The van der Waals surface area contributed by atoms with Crippen LogP contribution in [0.2, 0.25) is 0 Å². The molecular formula is C20H21BrN4OS2. The molecule has 1 N–H and O–H groups in total. The zero-order valence-electron chi connectivity index (χ0n) is 15.7. The van der Waals surface area contributed by atoms with E-state index in [2.05, 4.69) is 47.2 Å². The van der Waals surface area contributed by atoms with Crippen molar-refractivity contribution in [2.75, 3.05) is 5.75 Å². The third kappa shape index (κ3) is 3.90. The van der Waals surface area contributed by atoms with Gasteiger partial charge in [0, 0.05) is 20.3 Å². The van der Waals surface area contributed by atoms with Crippen molar-refractivity contribution < 1.29 is 4.79 Å². The molecule has 3 heterocycles. The molecule has 0 saturated carbocycles. The third-order valence-electron chi connectivity index (χ3n) is 4.57. The van der Waals surface area contributed by atoms with E-state index in [1.54, 1.807) is 28.1 Å². The normalized spacial score (nSPS) is 18.2. The first kappa shape index (κ1) is 19.7. The Morgan fingerprint density at radius 3 is 2.89 bits per heavy atom. The van der Waals surface area contributed by atoms with Crippen LogP contribution in [0.5, 0.6) is 0 Å². The van der Waals surface area contributed by atoms with Gasteiger partial charge < -0.3 is 0 Å². The summed E-state index contributed by atoms with van der Waals surface area (Å²) in [6.45, 7) is 4.26. The van der Waals surface area contributed by atoms with Crippen LogP contribution < -0.4 is 15.9 Å². The molecule has 1 aromatic heterocycles. The van der Waals surface area contributed by atoms with E-state index in [1.165, 1.54) is 17.7 Å². The SMILES string of the molecule is CCCCCSC1=NN2C(=c3cc(Br)ccc3=NC2c2ccc(C)s2)C(=O)N1. The van der Waals surface area contributed by atoms with Gasteiger partial charge in [0.25, 0.3) is 5.91 Å². The van der Waals surface area contributed by atoms with Crippen LogP contribution in [0.3, 0.4) is 0 Å². The van der Waals surface area contributed by atoms with Crippen molar-refractivity contribution in [1.29, 1.82) is 0 Å². The lowest BCUT2D eigenvalue weighted by atomic mass is 10.1. The summed E-state index contributed by atoms with van der Waals surface area (Å²) in [7, 11) is 0. The van der Waals surface area contributed by atoms with E-state index in [0.29, 0.717) is 10.9 Å². The number of carbonyl (C=O) groups excluding carboxylic acids is 1. The monoisotopic (exact) mass is 476 g/mol. The first-order valence-electron chi connectivity index (χ1n) is 9.33. The van der Waals surface area contributed by atoms with Crippen LogP contribution in [0.4, 0.5) is 0 Å². The molecule has 8 heteroatoms. The zero-order chi connectivity index (χ0) is 19.7. The number of hydrogen-bond acceptors (Lipinski definition) is 6. The summed E-state index contributed by atoms with van der Waals surface area (Å²) >= 11 is 6.80. The standard InChI is InChI=1S/C20H21BrN4OS2/c1-3-4-5-10-27-20-23-19(26)17-14-11-13(21)7-8-15(14)22-18(25(17)24-20)16-9-6-12(2)28-16/h6-9,11,18H,3-5,10H2,1-2H3,(H,23,24,26). The molecule has 1 atom stereocenters. The number of nitrogens with one attached hydrogen (secondary N) is 1. The minimum atomic E-state index is -0.320. The van der Waals surface area contributed by atoms with Crippen molar-refractivity contribution in [3.8, 4) is 0 Å². The fourth-order valence-corrected chi connectivity index (χ4v) is 5.33. The minimum absolute atomic E-state index is 0.125. The lowest BCUT2D eigenvalue weighted by molar-refractivity contribution is -0.116. The van der Waals surface area contributed by atoms with Gasteiger partial charge in [-0.15, -0.1) is 16.4 Å². The maximum atomic E-state index is 13.0. The van der Waals surface area contributed by atoms with Crippen LogP contribution in [0.1, 0.15) is 42.1 Å². The summed E-state index contributed by atoms with van der Waals surface area (Å²) in [5.74, 6) is 0.818. The van der Waals surface area contributed by atoms with E-state index in [1.807, 2.05) is 18.2 Å². The Hall–Kier alpha value is -1.64. The van der Waals surface area contributed by atoms with Crippen molar-refractivity contribution in [2.24, 2.45) is 10.1 Å². The number of unbranched alkanes of at least 4 members (excludes halogenated alkanes) is 2. The molecule has 2 aromatic rings. The van der Waals surface area contributed by atoms with Gasteiger partial charge in [0.15, 0.2) is 11.3 Å². The van der Waals surface area contributed by atoms with Crippen LogP contribution in [0, 0.1) is 6.92 Å². The van der Waals surface area contributed by atoms with Gasteiger partial charge in [0.2, 0.25) is 0 Å². The van der Waals surface area contributed by atoms with Gasteiger partial charge in [-0.25, -0.2) is 5.01 Å². The van der Waals surface area contributed by atoms with Crippen LogP contribution in [0.25, 0.3) is 5.70 Å². The largest absolute Gasteiger partial charge is 0.298 e. The Labute approximate surface area is 180 Å². The van der Waals surface area contributed by atoms with Crippen molar-refractivity contribution in [3.63, 3.8) is 0 Å². The number of aryl methyl sites for hydroxylation is 1. The number of benzene rings is 1. The van der Waals surface area contributed by atoms with Crippen molar-refractivity contribution in [2.45, 2.75) is 39.3 Å². The van der Waals surface area contributed by atoms with Crippen molar-refractivity contribution in [1.82, 2.24) is 10.3 Å². The van der Waals surface area contributed by atoms with E-state index in [9.17, 15) is 4.79 Å². The number of halogens is 1. The average molecular weight is 477 g/mol. The second-order valence-electron chi connectivity index (χ2n) is 6.72. The van der Waals surface area contributed by atoms with Gasteiger partial charge in [0.05, 0.1) is 10.2 Å². The smallest absolute Gasteiger partial charge is 0.276 e. The number of nitrogens with zero attached hydrogens (tertiary/aromatic N) is 3. The van der Waals surface area contributed by atoms with Gasteiger partial charge in [-0.2, -0.15) is 0 Å². The number of fused-ring (bicyclic) bond motifs is 2. The van der Waals surface area contributed by atoms with E-state index in [4.69, 9.17) is 10.1 Å². The molecule has 0 bridgehead atoms. The molecule has 0 aliphatic carbocycles. The second-order valence-corrected chi connectivity index (χ2v) is 10.0. The lowest BCUT2D eigenvalue weighted by Gasteiger charge is -2.33. The highest BCUT2D eigenvalue weighted by molar-refractivity contribution is 9.10. The highest BCUT2D eigenvalue weighted by atomic mass is 79.9.